The molecule has 0 fully saturated rings. The summed E-state index contributed by atoms with van der Waals surface area (Å²) in [5.41, 5.74) is 3.48. The Hall–Kier alpha value is -1.51. The second kappa shape index (κ2) is 6.50. The summed E-state index contributed by atoms with van der Waals surface area (Å²) in [6.45, 7) is 0.897. The third-order valence-corrected chi connectivity index (χ3v) is 4.03. The lowest BCUT2D eigenvalue weighted by molar-refractivity contribution is 0.675. The lowest BCUT2D eigenvalue weighted by atomic mass is 10.1. The van der Waals surface area contributed by atoms with Crippen LogP contribution in [0.25, 0.3) is 11.0 Å². The highest BCUT2D eigenvalue weighted by molar-refractivity contribution is 6.30. The van der Waals surface area contributed by atoms with Gasteiger partial charge >= 0.3 is 0 Å². The molecule has 0 unspecified atom stereocenters. The summed E-state index contributed by atoms with van der Waals surface area (Å²) in [4.78, 5) is 4.69. The van der Waals surface area contributed by atoms with Gasteiger partial charge in [0, 0.05) is 23.9 Å². The quantitative estimate of drug-likeness (QED) is 0.623. The van der Waals surface area contributed by atoms with Gasteiger partial charge in [0.05, 0.1) is 11.0 Å². The molecule has 0 amide bonds. The van der Waals surface area contributed by atoms with Crippen LogP contribution in [-0.2, 0) is 19.4 Å². The van der Waals surface area contributed by atoms with Crippen molar-refractivity contribution in [2.45, 2.75) is 19.4 Å². The van der Waals surface area contributed by atoms with Gasteiger partial charge in [-0.05, 0) is 36.2 Å². The minimum absolute atomic E-state index is 0.588. The summed E-state index contributed by atoms with van der Waals surface area (Å²) in [5.74, 6) is 1.64. The van der Waals surface area contributed by atoms with E-state index in [2.05, 4.69) is 27.8 Å². The van der Waals surface area contributed by atoms with Crippen LogP contribution < -0.4 is 0 Å². The zero-order chi connectivity index (χ0) is 14.7. The molecule has 2 nitrogen and oxygen atoms in total. The van der Waals surface area contributed by atoms with Crippen molar-refractivity contribution in [3.63, 3.8) is 0 Å². The Morgan fingerprint density at radius 1 is 0.952 bits per heavy atom. The van der Waals surface area contributed by atoms with E-state index >= 15 is 0 Å². The van der Waals surface area contributed by atoms with Crippen LogP contribution in [-0.4, -0.2) is 15.4 Å². The summed E-state index contributed by atoms with van der Waals surface area (Å²) >= 11 is 11.8. The van der Waals surface area contributed by atoms with Crippen LogP contribution in [0.2, 0.25) is 5.02 Å². The van der Waals surface area contributed by atoms with Gasteiger partial charge in [0.15, 0.2) is 0 Å². The van der Waals surface area contributed by atoms with Crippen LogP contribution in [0, 0.1) is 0 Å². The fraction of sp³-hybridized carbons (Fsp3) is 0.235. The molecule has 0 aliphatic rings. The van der Waals surface area contributed by atoms with Crippen molar-refractivity contribution < 1.29 is 0 Å². The maximum absolute atomic E-state index is 5.93. The SMILES string of the molecule is ClCCc1nc2ccccc2n1CCc1ccc(Cl)cc1. The standard InChI is InChI=1S/C17H16Cl2N2/c18-11-9-17-20-15-3-1-2-4-16(15)21(17)12-10-13-5-7-14(19)8-6-13/h1-8H,9-12H2. The van der Waals surface area contributed by atoms with E-state index in [4.69, 9.17) is 23.2 Å². The molecule has 0 saturated heterocycles. The fourth-order valence-corrected chi connectivity index (χ4v) is 2.84. The van der Waals surface area contributed by atoms with Gasteiger partial charge in [-0.1, -0.05) is 35.9 Å². The van der Waals surface area contributed by atoms with Crippen molar-refractivity contribution in [1.29, 1.82) is 0 Å². The van der Waals surface area contributed by atoms with Crippen molar-refractivity contribution in [3.8, 4) is 0 Å². The maximum Gasteiger partial charge on any atom is 0.111 e. The molecule has 1 aromatic heterocycles. The number of rotatable bonds is 5. The Kier molecular flexibility index (Phi) is 4.47. The van der Waals surface area contributed by atoms with Gasteiger partial charge < -0.3 is 4.57 Å². The number of hydrogen-bond donors (Lipinski definition) is 0. The van der Waals surface area contributed by atoms with Crippen LogP contribution in [0.4, 0.5) is 0 Å². The van der Waals surface area contributed by atoms with Crippen LogP contribution >= 0.6 is 23.2 Å². The number of halogens is 2. The summed E-state index contributed by atoms with van der Waals surface area (Å²) in [6.07, 6.45) is 1.74. The van der Waals surface area contributed by atoms with Crippen molar-refractivity contribution in [2.24, 2.45) is 0 Å². The van der Waals surface area contributed by atoms with Crippen LogP contribution in [0.15, 0.2) is 48.5 Å². The van der Waals surface area contributed by atoms with Gasteiger partial charge in [0.25, 0.3) is 0 Å². The first kappa shape index (κ1) is 14.4. The number of para-hydroxylation sites is 2. The minimum atomic E-state index is 0.588. The Bertz CT molecular complexity index is 732. The smallest absolute Gasteiger partial charge is 0.111 e. The Morgan fingerprint density at radius 3 is 2.48 bits per heavy atom. The molecule has 3 aromatic rings. The van der Waals surface area contributed by atoms with E-state index in [9.17, 15) is 0 Å². The number of imidazole rings is 1. The third-order valence-electron chi connectivity index (χ3n) is 3.59. The largest absolute Gasteiger partial charge is 0.328 e. The number of fused-ring (bicyclic) bond motifs is 1. The molecule has 0 bridgehead atoms. The molecule has 1 heterocycles. The lowest BCUT2D eigenvalue weighted by Crippen LogP contribution is -2.07. The molecule has 0 aliphatic heterocycles. The van der Waals surface area contributed by atoms with Crippen molar-refractivity contribution in [1.82, 2.24) is 9.55 Å². The first-order chi connectivity index (χ1) is 10.3. The molecule has 0 aliphatic carbocycles. The molecule has 2 aromatic carbocycles. The van der Waals surface area contributed by atoms with Gasteiger partial charge in [-0.25, -0.2) is 4.98 Å². The van der Waals surface area contributed by atoms with Gasteiger partial charge in [-0.2, -0.15) is 0 Å². The normalized spacial score (nSPS) is 11.1. The van der Waals surface area contributed by atoms with E-state index in [1.54, 1.807) is 0 Å². The third kappa shape index (κ3) is 3.22. The van der Waals surface area contributed by atoms with Crippen LogP contribution in [0.5, 0.6) is 0 Å². The highest BCUT2D eigenvalue weighted by atomic mass is 35.5. The van der Waals surface area contributed by atoms with E-state index in [-0.39, 0.29) is 0 Å². The minimum Gasteiger partial charge on any atom is -0.328 e. The second-order valence-corrected chi connectivity index (χ2v) is 5.80. The second-order valence-electron chi connectivity index (χ2n) is 4.98. The molecule has 0 radical (unpaired) electrons. The fourth-order valence-electron chi connectivity index (χ4n) is 2.54. The Labute approximate surface area is 134 Å². The van der Waals surface area contributed by atoms with E-state index in [1.165, 1.54) is 11.1 Å². The number of aromatic nitrogens is 2. The average molecular weight is 319 g/mol. The number of hydrogen-bond acceptors (Lipinski definition) is 1. The predicted molar refractivity (Wildman–Crippen MR) is 89.3 cm³/mol. The summed E-state index contributed by atoms with van der Waals surface area (Å²) in [5, 5.41) is 0.773. The van der Waals surface area contributed by atoms with Crippen molar-refractivity contribution >= 4 is 34.2 Å². The zero-order valence-electron chi connectivity index (χ0n) is 11.6. The van der Waals surface area contributed by atoms with Crippen LogP contribution in [0.3, 0.4) is 0 Å². The zero-order valence-corrected chi connectivity index (χ0v) is 13.1. The Morgan fingerprint density at radius 2 is 1.71 bits per heavy atom. The predicted octanol–water partition coefficient (Wildman–Crippen LogP) is 4.71. The highest BCUT2D eigenvalue weighted by Gasteiger charge is 2.09. The monoisotopic (exact) mass is 318 g/mol. The topological polar surface area (TPSA) is 17.8 Å². The van der Waals surface area contributed by atoms with E-state index in [0.717, 1.165) is 35.8 Å². The molecule has 0 N–H and O–H groups in total. The van der Waals surface area contributed by atoms with E-state index in [1.807, 2.05) is 30.3 Å². The maximum atomic E-state index is 5.93. The first-order valence-electron chi connectivity index (χ1n) is 7.02. The van der Waals surface area contributed by atoms with Gasteiger partial charge in [0.2, 0.25) is 0 Å². The van der Waals surface area contributed by atoms with Crippen molar-refractivity contribution in [2.75, 3.05) is 5.88 Å². The first-order valence-corrected chi connectivity index (χ1v) is 7.94. The average Bonchev–Trinajstić information content (AvgIpc) is 2.85. The molecule has 21 heavy (non-hydrogen) atoms. The molecule has 0 atom stereocenters. The number of alkyl halides is 1. The van der Waals surface area contributed by atoms with E-state index in [0.29, 0.717) is 5.88 Å². The highest BCUT2D eigenvalue weighted by Crippen LogP contribution is 2.18. The van der Waals surface area contributed by atoms with Crippen LogP contribution in [0.1, 0.15) is 11.4 Å². The summed E-state index contributed by atoms with van der Waals surface area (Å²) < 4.78 is 2.27. The molecule has 3 rings (SSSR count). The molecule has 108 valence electrons. The molecular formula is C17H16Cl2N2. The molecule has 0 spiro atoms. The summed E-state index contributed by atoms with van der Waals surface area (Å²) in [6, 6.07) is 16.2. The number of nitrogens with zero attached hydrogens (tertiary/aromatic N) is 2. The van der Waals surface area contributed by atoms with E-state index < -0.39 is 0 Å². The molecule has 0 saturated carbocycles. The van der Waals surface area contributed by atoms with Crippen molar-refractivity contribution in [3.05, 3.63) is 64.9 Å². The number of aryl methyl sites for hydroxylation is 3. The summed E-state index contributed by atoms with van der Waals surface area (Å²) in [7, 11) is 0. The van der Waals surface area contributed by atoms with Gasteiger partial charge in [0.1, 0.15) is 5.82 Å². The van der Waals surface area contributed by atoms with Gasteiger partial charge in [-0.15, -0.1) is 11.6 Å². The molecule has 4 heteroatoms. The number of benzene rings is 2. The molecular weight excluding hydrogens is 303 g/mol. The lowest BCUT2D eigenvalue weighted by Gasteiger charge is -2.09. The van der Waals surface area contributed by atoms with Gasteiger partial charge in [-0.3, -0.25) is 0 Å². The Balaban J connectivity index is 1.87.